The molecule has 0 unspecified atom stereocenters. The van der Waals surface area contributed by atoms with Gasteiger partial charge >= 0.3 is 5.97 Å². The molecule has 2 aromatic carbocycles. The van der Waals surface area contributed by atoms with Gasteiger partial charge in [0.25, 0.3) is 5.91 Å². The Morgan fingerprint density at radius 1 is 1.11 bits per heavy atom. The van der Waals surface area contributed by atoms with Crippen LogP contribution in [0.25, 0.3) is 10.6 Å². The Labute approximate surface area is 166 Å². The average molecular weight is 398 g/mol. The maximum atomic E-state index is 13.1. The van der Waals surface area contributed by atoms with Crippen LogP contribution in [-0.4, -0.2) is 30.5 Å². The molecule has 0 saturated heterocycles. The molecule has 7 heteroatoms. The lowest BCUT2D eigenvalue weighted by Gasteiger charge is -2.08. The van der Waals surface area contributed by atoms with Crippen molar-refractivity contribution in [2.24, 2.45) is 0 Å². The van der Waals surface area contributed by atoms with Gasteiger partial charge in [-0.3, -0.25) is 4.79 Å². The van der Waals surface area contributed by atoms with E-state index in [1.807, 2.05) is 6.92 Å². The summed E-state index contributed by atoms with van der Waals surface area (Å²) < 4.78 is 17.8. The monoisotopic (exact) mass is 398 g/mol. The number of ether oxygens (including phenoxy) is 1. The van der Waals surface area contributed by atoms with E-state index in [-0.39, 0.29) is 22.9 Å². The molecule has 1 amide bonds. The molecule has 3 rings (SSSR count). The largest absolute Gasteiger partial charge is 0.465 e. The lowest BCUT2D eigenvalue weighted by molar-refractivity contribution is 0.0596. The Bertz CT molecular complexity index is 999. The van der Waals surface area contributed by atoms with E-state index in [1.165, 1.54) is 30.6 Å². The molecule has 0 aliphatic rings. The smallest absolute Gasteiger partial charge is 0.338 e. The third kappa shape index (κ3) is 4.43. The van der Waals surface area contributed by atoms with E-state index in [0.29, 0.717) is 13.0 Å². The van der Waals surface area contributed by atoms with Crippen LogP contribution in [0.15, 0.2) is 48.5 Å². The van der Waals surface area contributed by atoms with Gasteiger partial charge in [-0.25, -0.2) is 14.2 Å². The molecule has 3 aromatic rings. The number of esters is 1. The number of carbonyl (C=O) groups excluding carboxylic acids is 2. The number of amides is 1. The molecule has 144 valence electrons. The first kappa shape index (κ1) is 19.7. The van der Waals surface area contributed by atoms with E-state index >= 15 is 0 Å². The first-order chi connectivity index (χ1) is 13.5. The molecular weight excluding hydrogens is 379 g/mol. The Kier molecular flexibility index (Phi) is 6.16. The van der Waals surface area contributed by atoms with Gasteiger partial charge in [-0.05, 0) is 43.3 Å². The minimum absolute atomic E-state index is 0.232. The summed E-state index contributed by atoms with van der Waals surface area (Å²) in [7, 11) is 1.28. The number of rotatable bonds is 6. The van der Waals surface area contributed by atoms with Crippen LogP contribution in [0.5, 0.6) is 0 Å². The van der Waals surface area contributed by atoms with Crippen molar-refractivity contribution < 1.29 is 18.7 Å². The zero-order valence-electron chi connectivity index (χ0n) is 15.5. The van der Waals surface area contributed by atoms with Gasteiger partial charge in [0, 0.05) is 23.4 Å². The second-order valence-electron chi connectivity index (χ2n) is 6.08. The molecule has 28 heavy (non-hydrogen) atoms. The molecule has 0 radical (unpaired) electrons. The Morgan fingerprint density at radius 3 is 2.46 bits per heavy atom. The van der Waals surface area contributed by atoms with Crippen LogP contribution in [0.2, 0.25) is 0 Å². The van der Waals surface area contributed by atoms with Gasteiger partial charge in [-0.1, -0.05) is 12.1 Å². The van der Waals surface area contributed by atoms with Crippen molar-refractivity contribution in [2.45, 2.75) is 13.3 Å². The van der Waals surface area contributed by atoms with Gasteiger partial charge in [-0.15, -0.1) is 11.3 Å². The van der Waals surface area contributed by atoms with Crippen LogP contribution in [-0.2, 0) is 11.2 Å². The van der Waals surface area contributed by atoms with Crippen LogP contribution in [0.3, 0.4) is 0 Å². The summed E-state index contributed by atoms with van der Waals surface area (Å²) in [6, 6.07) is 12.7. The minimum atomic E-state index is -0.548. The number of benzene rings is 2. The number of aryl methyl sites for hydroxylation is 1. The Morgan fingerprint density at radius 2 is 1.79 bits per heavy atom. The highest BCUT2D eigenvalue weighted by molar-refractivity contribution is 7.15. The molecule has 0 fully saturated rings. The number of carbonyl (C=O) groups is 2. The molecule has 0 saturated carbocycles. The van der Waals surface area contributed by atoms with Crippen LogP contribution in [0.4, 0.5) is 4.39 Å². The van der Waals surface area contributed by atoms with Crippen molar-refractivity contribution in [1.82, 2.24) is 10.3 Å². The predicted octanol–water partition coefficient (Wildman–Crippen LogP) is 4.02. The van der Waals surface area contributed by atoms with E-state index < -0.39 is 5.97 Å². The number of methoxy groups -OCH3 is 1. The zero-order valence-corrected chi connectivity index (χ0v) is 16.3. The SMILES string of the molecule is COC(=O)c1ccccc1C(=O)NCCc1sc(-c2ccc(F)cc2)nc1C. The molecule has 1 heterocycles. The van der Waals surface area contributed by atoms with Crippen molar-refractivity contribution in [2.75, 3.05) is 13.7 Å². The molecule has 0 aliphatic carbocycles. The van der Waals surface area contributed by atoms with E-state index in [9.17, 15) is 14.0 Å². The van der Waals surface area contributed by atoms with Gasteiger partial charge in [0.05, 0.1) is 23.9 Å². The predicted molar refractivity (Wildman–Crippen MR) is 106 cm³/mol. The van der Waals surface area contributed by atoms with Crippen molar-refractivity contribution in [3.8, 4) is 10.6 Å². The van der Waals surface area contributed by atoms with Crippen molar-refractivity contribution >= 4 is 23.2 Å². The summed E-state index contributed by atoms with van der Waals surface area (Å²) >= 11 is 1.52. The summed E-state index contributed by atoms with van der Waals surface area (Å²) in [6.07, 6.45) is 0.608. The van der Waals surface area contributed by atoms with Crippen LogP contribution < -0.4 is 5.32 Å². The number of hydrogen-bond donors (Lipinski definition) is 1. The highest BCUT2D eigenvalue weighted by Gasteiger charge is 2.17. The number of hydrogen-bond acceptors (Lipinski definition) is 5. The van der Waals surface area contributed by atoms with E-state index in [4.69, 9.17) is 4.74 Å². The fourth-order valence-electron chi connectivity index (χ4n) is 2.73. The summed E-state index contributed by atoms with van der Waals surface area (Å²) in [5.74, 6) is -1.16. The van der Waals surface area contributed by atoms with Crippen LogP contribution in [0, 0.1) is 12.7 Å². The van der Waals surface area contributed by atoms with Crippen molar-refractivity contribution in [1.29, 1.82) is 0 Å². The minimum Gasteiger partial charge on any atom is -0.465 e. The number of nitrogens with one attached hydrogen (secondary N) is 1. The molecule has 0 atom stereocenters. The fourth-order valence-corrected chi connectivity index (χ4v) is 3.80. The molecule has 5 nitrogen and oxygen atoms in total. The zero-order chi connectivity index (χ0) is 20.1. The average Bonchev–Trinajstić information content (AvgIpc) is 3.08. The Hall–Kier alpha value is -3.06. The number of halogens is 1. The standard InChI is InChI=1S/C21H19FN2O3S/c1-13-18(28-20(24-13)14-7-9-15(22)10-8-14)11-12-23-19(25)16-5-3-4-6-17(16)21(26)27-2/h3-10H,11-12H2,1-2H3,(H,23,25). The lowest BCUT2D eigenvalue weighted by atomic mass is 10.1. The summed E-state index contributed by atoms with van der Waals surface area (Å²) in [5.41, 5.74) is 2.25. The van der Waals surface area contributed by atoms with Crippen molar-refractivity contribution in [3.05, 3.63) is 76.0 Å². The fraction of sp³-hybridized carbons (Fsp3) is 0.190. The molecule has 0 spiro atoms. The topological polar surface area (TPSA) is 68.3 Å². The van der Waals surface area contributed by atoms with E-state index in [0.717, 1.165) is 21.1 Å². The summed E-state index contributed by atoms with van der Waals surface area (Å²) in [4.78, 5) is 29.8. The lowest BCUT2D eigenvalue weighted by Crippen LogP contribution is -2.27. The third-order valence-corrected chi connectivity index (χ3v) is 5.46. The van der Waals surface area contributed by atoms with Crippen LogP contribution >= 0.6 is 11.3 Å². The van der Waals surface area contributed by atoms with Gasteiger partial charge in [0.15, 0.2) is 0 Å². The van der Waals surface area contributed by atoms with Gasteiger partial charge in [0.2, 0.25) is 0 Å². The first-order valence-electron chi connectivity index (χ1n) is 8.67. The van der Waals surface area contributed by atoms with Gasteiger partial charge in [0.1, 0.15) is 10.8 Å². The number of aromatic nitrogens is 1. The molecule has 0 bridgehead atoms. The maximum absolute atomic E-state index is 13.1. The van der Waals surface area contributed by atoms with Gasteiger partial charge < -0.3 is 10.1 Å². The third-order valence-electron chi connectivity index (χ3n) is 4.20. The van der Waals surface area contributed by atoms with Crippen molar-refractivity contribution in [3.63, 3.8) is 0 Å². The summed E-state index contributed by atoms with van der Waals surface area (Å²) in [6.45, 7) is 2.31. The molecular formula is C21H19FN2O3S. The number of thiazole rings is 1. The normalized spacial score (nSPS) is 10.5. The second kappa shape index (κ2) is 8.75. The highest BCUT2D eigenvalue weighted by atomic mass is 32.1. The molecule has 0 aliphatic heterocycles. The Balaban J connectivity index is 1.65. The number of nitrogens with zero attached hydrogens (tertiary/aromatic N) is 1. The molecule has 1 aromatic heterocycles. The highest BCUT2D eigenvalue weighted by Crippen LogP contribution is 2.28. The van der Waals surface area contributed by atoms with Gasteiger partial charge in [-0.2, -0.15) is 0 Å². The quantitative estimate of drug-likeness (QED) is 0.637. The maximum Gasteiger partial charge on any atom is 0.338 e. The summed E-state index contributed by atoms with van der Waals surface area (Å²) in [5, 5.41) is 3.65. The van der Waals surface area contributed by atoms with E-state index in [1.54, 1.807) is 36.4 Å². The van der Waals surface area contributed by atoms with Crippen LogP contribution in [0.1, 0.15) is 31.3 Å². The first-order valence-corrected chi connectivity index (χ1v) is 9.49. The second-order valence-corrected chi connectivity index (χ2v) is 7.16. The molecule has 1 N–H and O–H groups in total. The van der Waals surface area contributed by atoms with E-state index in [2.05, 4.69) is 10.3 Å².